The van der Waals surface area contributed by atoms with Crippen LogP contribution in [0.2, 0.25) is 0 Å². The number of nitrogens with one attached hydrogen (secondary N) is 1. The van der Waals surface area contributed by atoms with Gasteiger partial charge < -0.3 is 9.47 Å². The molecule has 1 saturated heterocycles. The normalized spacial score (nSPS) is 17.1. The highest BCUT2D eigenvalue weighted by molar-refractivity contribution is 5.76. The van der Waals surface area contributed by atoms with E-state index >= 15 is 0 Å². The lowest BCUT2D eigenvalue weighted by Gasteiger charge is -2.33. The number of rotatable bonds is 6. The first-order valence-corrected chi connectivity index (χ1v) is 9.65. The van der Waals surface area contributed by atoms with Crippen molar-refractivity contribution in [2.45, 2.75) is 45.6 Å². The maximum atomic E-state index is 12.6. The summed E-state index contributed by atoms with van der Waals surface area (Å²) in [6.45, 7) is 4.02. The minimum atomic E-state index is -0.468. The Kier molecular flexibility index (Phi) is 6.27. The zero-order chi connectivity index (χ0) is 19.2. The lowest BCUT2D eigenvalue weighted by atomic mass is 9.90. The Hall–Kier alpha value is -2.63. The summed E-state index contributed by atoms with van der Waals surface area (Å²) in [5.74, 6) is 0.604. The number of nitrogens with zero attached hydrogens (tertiary/aromatic N) is 2. The predicted octanol–water partition coefficient (Wildman–Crippen LogP) is 2.11. The molecule has 6 heteroatoms. The number of carbonyl (C=O) groups is 1. The van der Waals surface area contributed by atoms with Gasteiger partial charge in [-0.3, -0.25) is 14.6 Å². The average molecular weight is 369 g/mol. The van der Waals surface area contributed by atoms with Gasteiger partial charge in [0, 0.05) is 38.3 Å². The van der Waals surface area contributed by atoms with Crippen LogP contribution in [0.5, 0.6) is 0 Å². The van der Waals surface area contributed by atoms with Crippen molar-refractivity contribution in [1.29, 1.82) is 0 Å². The first-order valence-electron chi connectivity index (χ1n) is 9.65. The minimum Gasteiger partial charge on any atom is -0.342 e. The van der Waals surface area contributed by atoms with E-state index in [4.69, 9.17) is 0 Å². The highest BCUT2D eigenvalue weighted by Gasteiger charge is 2.23. The van der Waals surface area contributed by atoms with Gasteiger partial charge in [-0.1, -0.05) is 24.3 Å². The first-order chi connectivity index (χ1) is 13.0. The Morgan fingerprint density at radius 2 is 2.04 bits per heavy atom. The molecular weight excluding hydrogens is 342 g/mol. The fourth-order valence-electron chi connectivity index (χ4n) is 3.77. The molecule has 1 aromatic heterocycles. The van der Waals surface area contributed by atoms with E-state index in [0.29, 0.717) is 12.5 Å². The molecule has 2 aromatic rings. The molecule has 1 aliphatic heterocycles. The second-order valence-corrected chi connectivity index (χ2v) is 7.37. The molecule has 1 fully saturated rings. The number of aromatic nitrogens is 2. The van der Waals surface area contributed by atoms with Crippen LogP contribution in [0.15, 0.2) is 46.1 Å². The van der Waals surface area contributed by atoms with E-state index in [1.165, 1.54) is 28.0 Å². The topological polar surface area (TPSA) is 75.2 Å². The third kappa shape index (κ3) is 5.18. The molecular formula is C21H27N3O3. The van der Waals surface area contributed by atoms with Gasteiger partial charge >= 0.3 is 5.69 Å². The highest BCUT2D eigenvalue weighted by Crippen LogP contribution is 2.23. The van der Waals surface area contributed by atoms with Gasteiger partial charge in [-0.2, -0.15) is 0 Å². The van der Waals surface area contributed by atoms with Gasteiger partial charge in [-0.15, -0.1) is 0 Å². The molecule has 1 unspecified atom stereocenters. The molecule has 1 N–H and O–H groups in total. The number of H-pyrrole nitrogens is 1. The van der Waals surface area contributed by atoms with Crippen LogP contribution in [0.25, 0.3) is 0 Å². The number of benzene rings is 1. The molecule has 144 valence electrons. The molecule has 2 heterocycles. The van der Waals surface area contributed by atoms with Gasteiger partial charge in [0.05, 0.1) is 0 Å². The monoisotopic (exact) mass is 369 g/mol. The number of amides is 1. The Balaban J connectivity index is 1.51. The van der Waals surface area contributed by atoms with Crippen LogP contribution in [0.1, 0.15) is 36.8 Å². The Morgan fingerprint density at radius 1 is 1.22 bits per heavy atom. The summed E-state index contributed by atoms with van der Waals surface area (Å²) in [5.41, 5.74) is 1.83. The number of hydrogen-bond donors (Lipinski definition) is 1. The van der Waals surface area contributed by atoms with Crippen LogP contribution >= 0.6 is 0 Å². The number of aromatic amines is 1. The Bertz CT molecular complexity index is 900. The molecule has 1 atom stereocenters. The molecule has 0 radical (unpaired) electrons. The summed E-state index contributed by atoms with van der Waals surface area (Å²) < 4.78 is 1.37. The van der Waals surface area contributed by atoms with Crippen molar-refractivity contribution in [3.05, 3.63) is 68.5 Å². The van der Waals surface area contributed by atoms with E-state index in [9.17, 15) is 14.4 Å². The van der Waals surface area contributed by atoms with Crippen LogP contribution in [0.4, 0.5) is 0 Å². The van der Waals surface area contributed by atoms with Gasteiger partial charge in [0.25, 0.3) is 5.56 Å². The first kappa shape index (κ1) is 19.1. The van der Waals surface area contributed by atoms with E-state index in [-0.39, 0.29) is 12.3 Å². The smallest absolute Gasteiger partial charge is 0.328 e. The quantitative estimate of drug-likeness (QED) is 0.847. The standard InChI is InChI=1S/C21H27N3O3/c1-16-5-2-3-7-18(16)9-8-17-6-4-12-24(15-17)20(26)11-14-23-13-10-19(25)22-21(23)27/h2-3,5,7,10,13,17H,4,6,8-9,11-12,14-15H2,1H3,(H,22,25,27). The fraction of sp³-hybridized carbons (Fsp3) is 0.476. The van der Waals surface area contributed by atoms with E-state index < -0.39 is 11.2 Å². The van der Waals surface area contributed by atoms with Crippen LogP contribution in [0.3, 0.4) is 0 Å². The second kappa shape index (κ2) is 8.84. The zero-order valence-electron chi connectivity index (χ0n) is 15.8. The Labute approximate surface area is 158 Å². The summed E-state index contributed by atoms with van der Waals surface area (Å²) in [6.07, 6.45) is 6.05. The van der Waals surface area contributed by atoms with Crippen molar-refractivity contribution in [3.63, 3.8) is 0 Å². The molecule has 3 rings (SSSR count). The number of aryl methyl sites for hydroxylation is 3. The van der Waals surface area contributed by atoms with E-state index in [1.807, 2.05) is 4.90 Å². The third-order valence-corrected chi connectivity index (χ3v) is 5.42. The third-order valence-electron chi connectivity index (χ3n) is 5.42. The van der Waals surface area contributed by atoms with Gasteiger partial charge in [0.15, 0.2) is 0 Å². The predicted molar refractivity (Wildman–Crippen MR) is 105 cm³/mol. The van der Waals surface area contributed by atoms with Gasteiger partial charge in [0.2, 0.25) is 5.91 Å². The van der Waals surface area contributed by atoms with E-state index in [2.05, 4.69) is 36.2 Å². The van der Waals surface area contributed by atoms with Crippen molar-refractivity contribution < 1.29 is 4.79 Å². The van der Waals surface area contributed by atoms with E-state index in [1.54, 1.807) is 0 Å². The van der Waals surface area contributed by atoms with E-state index in [0.717, 1.165) is 38.8 Å². The molecule has 1 amide bonds. The number of piperidine rings is 1. The lowest BCUT2D eigenvalue weighted by molar-refractivity contribution is -0.133. The van der Waals surface area contributed by atoms with Crippen molar-refractivity contribution in [1.82, 2.24) is 14.5 Å². The maximum absolute atomic E-state index is 12.6. The lowest BCUT2D eigenvalue weighted by Crippen LogP contribution is -2.41. The van der Waals surface area contributed by atoms with Crippen LogP contribution in [-0.2, 0) is 17.8 Å². The van der Waals surface area contributed by atoms with Crippen LogP contribution in [-0.4, -0.2) is 33.4 Å². The minimum absolute atomic E-state index is 0.0775. The summed E-state index contributed by atoms with van der Waals surface area (Å²) in [6, 6.07) is 9.77. The van der Waals surface area contributed by atoms with Crippen LogP contribution < -0.4 is 11.2 Å². The van der Waals surface area contributed by atoms with Crippen molar-refractivity contribution in [2.24, 2.45) is 5.92 Å². The molecule has 0 bridgehead atoms. The molecule has 1 aromatic carbocycles. The number of carbonyl (C=O) groups excluding carboxylic acids is 1. The SMILES string of the molecule is Cc1ccccc1CCC1CCCN(C(=O)CCn2ccc(=O)[nH]c2=O)C1. The molecule has 6 nitrogen and oxygen atoms in total. The maximum Gasteiger partial charge on any atom is 0.328 e. The van der Waals surface area contributed by atoms with Crippen molar-refractivity contribution in [3.8, 4) is 0 Å². The average Bonchev–Trinajstić information content (AvgIpc) is 2.67. The largest absolute Gasteiger partial charge is 0.342 e. The Morgan fingerprint density at radius 3 is 2.81 bits per heavy atom. The molecule has 0 saturated carbocycles. The van der Waals surface area contributed by atoms with Gasteiger partial charge in [-0.05, 0) is 49.7 Å². The number of likely N-dealkylation sites (tertiary alicyclic amines) is 1. The molecule has 0 aliphatic carbocycles. The van der Waals surface area contributed by atoms with Crippen molar-refractivity contribution in [2.75, 3.05) is 13.1 Å². The fourth-order valence-corrected chi connectivity index (χ4v) is 3.77. The van der Waals surface area contributed by atoms with Gasteiger partial charge in [-0.25, -0.2) is 4.79 Å². The summed E-state index contributed by atoms with van der Waals surface area (Å²) in [7, 11) is 0. The summed E-state index contributed by atoms with van der Waals surface area (Å²) >= 11 is 0. The highest BCUT2D eigenvalue weighted by atomic mass is 16.2. The van der Waals surface area contributed by atoms with Gasteiger partial charge in [0.1, 0.15) is 0 Å². The van der Waals surface area contributed by atoms with Crippen molar-refractivity contribution >= 4 is 5.91 Å². The summed E-state index contributed by atoms with van der Waals surface area (Å²) in [4.78, 5) is 39.5. The zero-order valence-corrected chi connectivity index (χ0v) is 15.8. The number of hydrogen-bond acceptors (Lipinski definition) is 3. The molecule has 27 heavy (non-hydrogen) atoms. The molecule has 1 aliphatic rings. The van der Waals surface area contributed by atoms with Crippen LogP contribution in [0, 0.1) is 12.8 Å². The molecule has 0 spiro atoms. The second-order valence-electron chi connectivity index (χ2n) is 7.37. The summed E-state index contributed by atoms with van der Waals surface area (Å²) in [5, 5.41) is 0.